The first-order valence-corrected chi connectivity index (χ1v) is 6.83. The van der Waals surface area contributed by atoms with Crippen molar-refractivity contribution in [1.82, 2.24) is 15.5 Å². The Bertz CT molecular complexity index is 396. The maximum absolute atomic E-state index is 11.9. The van der Waals surface area contributed by atoms with Crippen LogP contribution in [0.15, 0.2) is 6.07 Å². The summed E-state index contributed by atoms with van der Waals surface area (Å²) in [6.07, 6.45) is 4.25. The molecule has 0 saturated carbocycles. The highest BCUT2D eigenvalue weighted by Crippen LogP contribution is 2.05. The van der Waals surface area contributed by atoms with Crippen LogP contribution in [-0.2, 0) is 0 Å². The van der Waals surface area contributed by atoms with Gasteiger partial charge in [0.05, 0.1) is 17.0 Å². The maximum atomic E-state index is 11.9. The van der Waals surface area contributed by atoms with Crippen LogP contribution in [0, 0.1) is 13.8 Å². The molecule has 0 aliphatic rings. The Hall–Kier alpha value is -1.16. The molecule has 100 valence electrons. The van der Waals surface area contributed by atoms with Crippen molar-refractivity contribution >= 4 is 17.5 Å². The molecular formula is C13H20ClN3O. The number of carbonyl (C=O) groups excluding carboxylic acids is 1. The Labute approximate surface area is 113 Å². The number of carbonyl (C=O) groups is 1. The van der Waals surface area contributed by atoms with E-state index in [0.717, 1.165) is 31.4 Å². The second-order valence-corrected chi connectivity index (χ2v) is 4.72. The minimum Gasteiger partial charge on any atom is -0.352 e. The molecular weight excluding hydrogens is 250 g/mol. The quantitative estimate of drug-likeness (QED) is 0.612. The lowest BCUT2D eigenvalue weighted by molar-refractivity contribution is 0.0951. The lowest BCUT2D eigenvalue weighted by Crippen LogP contribution is -2.25. The number of aromatic nitrogens is 2. The van der Waals surface area contributed by atoms with Crippen molar-refractivity contribution in [3.63, 3.8) is 0 Å². The topological polar surface area (TPSA) is 54.9 Å². The van der Waals surface area contributed by atoms with Gasteiger partial charge in [0.15, 0.2) is 0 Å². The molecule has 0 saturated heterocycles. The monoisotopic (exact) mass is 269 g/mol. The summed E-state index contributed by atoms with van der Waals surface area (Å²) in [6, 6.07) is 1.77. The predicted molar refractivity (Wildman–Crippen MR) is 73.0 cm³/mol. The molecule has 0 atom stereocenters. The van der Waals surface area contributed by atoms with Gasteiger partial charge in [-0.3, -0.25) is 4.79 Å². The molecule has 0 bridgehead atoms. The van der Waals surface area contributed by atoms with Crippen LogP contribution in [-0.4, -0.2) is 28.5 Å². The number of nitrogens with zero attached hydrogens (tertiary/aromatic N) is 2. The largest absolute Gasteiger partial charge is 0.352 e. The second kappa shape index (κ2) is 8.03. The zero-order valence-corrected chi connectivity index (χ0v) is 11.8. The van der Waals surface area contributed by atoms with E-state index in [2.05, 4.69) is 15.5 Å². The molecule has 1 aromatic rings. The Kier molecular flexibility index (Phi) is 6.65. The Morgan fingerprint density at radius 2 is 1.94 bits per heavy atom. The Morgan fingerprint density at radius 3 is 2.67 bits per heavy atom. The van der Waals surface area contributed by atoms with Crippen molar-refractivity contribution in [2.45, 2.75) is 39.5 Å². The average Bonchev–Trinajstić information content (AvgIpc) is 2.36. The molecule has 0 spiro atoms. The first kappa shape index (κ1) is 14.9. The average molecular weight is 270 g/mol. The van der Waals surface area contributed by atoms with Gasteiger partial charge in [0.2, 0.25) is 0 Å². The molecule has 0 aromatic carbocycles. The third-order valence-corrected chi connectivity index (χ3v) is 2.96. The molecule has 0 fully saturated rings. The minimum absolute atomic E-state index is 0.0668. The van der Waals surface area contributed by atoms with Gasteiger partial charge in [-0.1, -0.05) is 12.8 Å². The number of hydrogen-bond acceptors (Lipinski definition) is 3. The Balaban J connectivity index is 2.34. The van der Waals surface area contributed by atoms with E-state index in [1.807, 2.05) is 6.92 Å². The summed E-state index contributed by atoms with van der Waals surface area (Å²) in [6.45, 7) is 4.32. The van der Waals surface area contributed by atoms with E-state index in [9.17, 15) is 4.79 Å². The number of hydrogen-bond donors (Lipinski definition) is 1. The summed E-state index contributed by atoms with van der Waals surface area (Å²) >= 11 is 5.59. The SMILES string of the molecule is Cc1cc(C(=O)NCCCCCCCl)c(C)nn1. The van der Waals surface area contributed by atoms with E-state index in [4.69, 9.17) is 11.6 Å². The van der Waals surface area contributed by atoms with Crippen molar-refractivity contribution in [3.05, 3.63) is 23.0 Å². The van der Waals surface area contributed by atoms with Crippen molar-refractivity contribution in [2.24, 2.45) is 0 Å². The van der Waals surface area contributed by atoms with Crippen molar-refractivity contribution in [3.8, 4) is 0 Å². The predicted octanol–water partition coefficient (Wildman–Crippen LogP) is 2.62. The van der Waals surface area contributed by atoms with Crippen molar-refractivity contribution < 1.29 is 4.79 Å². The molecule has 1 aromatic heterocycles. The molecule has 1 heterocycles. The highest BCUT2D eigenvalue weighted by molar-refractivity contribution is 6.17. The summed E-state index contributed by atoms with van der Waals surface area (Å²) in [5.41, 5.74) is 2.04. The summed E-state index contributed by atoms with van der Waals surface area (Å²) in [4.78, 5) is 11.9. The number of nitrogens with one attached hydrogen (secondary N) is 1. The highest BCUT2D eigenvalue weighted by Gasteiger charge is 2.09. The number of alkyl halides is 1. The van der Waals surface area contributed by atoms with Crippen LogP contribution in [0.5, 0.6) is 0 Å². The number of unbranched alkanes of at least 4 members (excludes halogenated alkanes) is 3. The normalized spacial score (nSPS) is 10.4. The second-order valence-electron chi connectivity index (χ2n) is 4.34. The van der Waals surface area contributed by atoms with Crippen LogP contribution in [0.3, 0.4) is 0 Å². The molecule has 1 N–H and O–H groups in total. The number of aryl methyl sites for hydroxylation is 2. The van der Waals surface area contributed by atoms with Gasteiger partial charge in [-0.15, -0.1) is 11.6 Å². The standard InChI is InChI=1S/C13H20ClN3O/c1-10-9-12(11(2)17-16-10)13(18)15-8-6-4-3-5-7-14/h9H,3-8H2,1-2H3,(H,15,18). The lowest BCUT2D eigenvalue weighted by Gasteiger charge is -2.07. The molecule has 1 rings (SSSR count). The highest BCUT2D eigenvalue weighted by atomic mass is 35.5. The third kappa shape index (κ3) is 5.00. The van der Waals surface area contributed by atoms with Crippen LogP contribution in [0.1, 0.15) is 47.4 Å². The molecule has 18 heavy (non-hydrogen) atoms. The van der Waals surface area contributed by atoms with Gasteiger partial charge in [0, 0.05) is 12.4 Å². The van der Waals surface area contributed by atoms with Gasteiger partial charge in [0.25, 0.3) is 5.91 Å². The van der Waals surface area contributed by atoms with E-state index >= 15 is 0 Å². The van der Waals surface area contributed by atoms with Gasteiger partial charge >= 0.3 is 0 Å². The van der Waals surface area contributed by atoms with Crippen LogP contribution < -0.4 is 5.32 Å². The van der Waals surface area contributed by atoms with E-state index in [0.29, 0.717) is 23.7 Å². The smallest absolute Gasteiger partial charge is 0.253 e. The summed E-state index contributed by atoms with van der Waals surface area (Å²) in [5, 5.41) is 10.8. The molecule has 0 radical (unpaired) electrons. The van der Waals surface area contributed by atoms with Gasteiger partial charge in [0.1, 0.15) is 0 Å². The molecule has 0 aliphatic heterocycles. The van der Waals surface area contributed by atoms with Crippen molar-refractivity contribution in [1.29, 1.82) is 0 Å². The molecule has 1 amide bonds. The number of rotatable bonds is 7. The molecule has 4 nitrogen and oxygen atoms in total. The zero-order chi connectivity index (χ0) is 13.4. The molecule has 0 aliphatic carbocycles. The minimum atomic E-state index is -0.0668. The Morgan fingerprint density at radius 1 is 1.22 bits per heavy atom. The van der Waals surface area contributed by atoms with E-state index in [-0.39, 0.29) is 5.91 Å². The third-order valence-electron chi connectivity index (χ3n) is 2.69. The van der Waals surface area contributed by atoms with Gasteiger partial charge < -0.3 is 5.32 Å². The number of halogens is 1. The lowest BCUT2D eigenvalue weighted by atomic mass is 10.1. The number of amides is 1. The summed E-state index contributed by atoms with van der Waals surface area (Å²) in [5.74, 6) is 0.649. The van der Waals surface area contributed by atoms with Crippen LogP contribution in [0.25, 0.3) is 0 Å². The van der Waals surface area contributed by atoms with Crippen LogP contribution >= 0.6 is 11.6 Å². The van der Waals surface area contributed by atoms with Crippen molar-refractivity contribution in [2.75, 3.05) is 12.4 Å². The summed E-state index contributed by atoms with van der Waals surface area (Å²) in [7, 11) is 0. The maximum Gasteiger partial charge on any atom is 0.253 e. The summed E-state index contributed by atoms with van der Waals surface area (Å²) < 4.78 is 0. The molecule has 0 unspecified atom stereocenters. The van der Waals surface area contributed by atoms with E-state index in [1.165, 1.54) is 0 Å². The fraction of sp³-hybridized carbons (Fsp3) is 0.615. The fourth-order valence-electron chi connectivity index (χ4n) is 1.65. The fourth-order valence-corrected chi connectivity index (χ4v) is 1.84. The van der Waals surface area contributed by atoms with E-state index < -0.39 is 0 Å². The van der Waals surface area contributed by atoms with Crippen LogP contribution in [0.2, 0.25) is 0 Å². The van der Waals surface area contributed by atoms with Crippen LogP contribution in [0.4, 0.5) is 0 Å². The van der Waals surface area contributed by atoms with Gasteiger partial charge in [-0.2, -0.15) is 10.2 Å². The first-order valence-electron chi connectivity index (χ1n) is 6.30. The van der Waals surface area contributed by atoms with E-state index in [1.54, 1.807) is 13.0 Å². The molecule has 5 heteroatoms. The first-order chi connectivity index (χ1) is 8.65. The van der Waals surface area contributed by atoms with Gasteiger partial charge in [-0.05, 0) is 32.8 Å². The van der Waals surface area contributed by atoms with Gasteiger partial charge in [-0.25, -0.2) is 0 Å². The zero-order valence-electron chi connectivity index (χ0n) is 11.0.